The Hall–Kier alpha value is -0.910. The van der Waals surface area contributed by atoms with Crippen LogP contribution in [0.4, 0.5) is 0 Å². The molecule has 2 rings (SSSR count). The van der Waals surface area contributed by atoms with Crippen LogP contribution in [0.2, 0.25) is 0 Å². The van der Waals surface area contributed by atoms with Crippen molar-refractivity contribution in [2.75, 3.05) is 13.7 Å². The smallest absolute Gasteiger partial charge is 0.174 e. The fourth-order valence-corrected chi connectivity index (χ4v) is 2.92. The summed E-state index contributed by atoms with van der Waals surface area (Å²) in [4.78, 5) is 5.65. The molecule has 1 heterocycles. The Labute approximate surface area is 109 Å². The summed E-state index contributed by atoms with van der Waals surface area (Å²) in [6.45, 7) is 2.76. The van der Waals surface area contributed by atoms with E-state index in [9.17, 15) is 0 Å². The van der Waals surface area contributed by atoms with Gasteiger partial charge in [0.2, 0.25) is 0 Å². The molecule has 0 aliphatic carbocycles. The highest BCUT2D eigenvalue weighted by molar-refractivity contribution is 8.01. The van der Waals surface area contributed by atoms with Crippen LogP contribution in [0.25, 0.3) is 0 Å². The largest absolute Gasteiger partial charge is 0.384 e. The SMILES string of the molecule is COCCc1nsc(Sc2ccc(C)cc2)n1. The van der Waals surface area contributed by atoms with E-state index < -0.39 is 0 Å². The van der Waals surface area contributed by atoms with E-state index in [2.05, 4.69) is 40.5 Å². The second kappa shape index (κ2) is 6.14. The third-order valence-corrected chi connectivity index (χ3v) is 4.00. The van der Waals surface area contributed by atoms with Gasteiger partial charge in [-0.1, -0.05) is 29.5 Å². The number of benzene rings is 1. The zero-order chi connectivity index (χ0) is 12.1. The summed E-state index contributed by atoms with van der Waals surface area (Å²) < 4.78 is 10.3. The Morgan fingerprint density at radius 3 is 2.76 bits per heavy atom. The molecule has 0 saturated heterocycles. The number of nitrogens with zero attached hydrogens (tertiary/aromatic N) is 2. The molecule has 0 saturated carbocycles. The molecular weight excluding hydrogens is 252 g/mol. The average Bonchev–Trinajstić information content (AvgIpc) is 2.77. The average molecular weight is 266 g/mol. The van der Waals surface area contributed by atoms with E-state index in [1.165, 1.54) is 22.0 Å². The molecular formula is C12H14N2OS2. The van der Waals surface area contributed by atoms with Crippen molar-refractivity contribution in [2.45, 2.75) is 22.6 Å². The Balaban J connectivity index is 1.98. The summed E-state index contributed by atoms with van der Waals surface area (Å²) in [5.74, 6) is 0.867. The highest BCUT2D eigenvalue weighted by atomic mass is 32.2. The van der Waals surface area contributed by atoms with Gasteiger partial charge in [0, 0.05) is 18.4 Å². The van der Waals surface area contributed by atoms with Gasteiger partial charge in [0.1, 0.15) is 5.82 Å². The van der Waals surface area contributed by atoms with E-state index in [0.29, 0.717) is 6.61 Å². The fraction of sp³-hybridized carbons (Fsp3) is 0.333. The Kier molecular flexibility index (Phi) is 4.53. The lowest BCUT2D eigenvalue weighted by molar-refractivity contribution is 0.200. The van der Waals surface area contributed by atoms with Gasteiger partial charge in [-0.3, -0.25) is 0 Å². The van der Waals surface area contributed by atoms with Crippen LogP contribution in [0, 0.1) is 6.92 Å². The molecule has 5 heteroatoms. The molecule has 1 aromatic carbocycles. The molecule has 3 nitrogen and oxygen atoms in total. The minimum Gasteiger partial charge on any atom is -0.384 e. The Morgan fingerprint density at radius 1 is 1.29 bits per heavy atom. The summed E-state index contributed by atoms with van der Waals surface area (Å²) >= 11 is 3.10. The van der Waals surface area contributed by atoms with Gasteiger partial charge < -0.3 is 4.74 Å². The van der Waals surface area contributed by atoms with Crippen molar-refractivity contribution in [1.29, 1.82) is 0 Å². The van der Waals surface area contributed by atoms with Gasteiger partial charge in [0.25, 0.3) is 0 Å². The molecule has 0 spiro atoms. The lowest BCUT2D eigenvalue weighted by Crippen LogP contribution is -1.95. The van der Waals surface area contributed by atoms with E-state index in [4.69, 9.17) is 4.74 Å². The molecule has 90 valence electrons. The van der Waals surface area contributed by atoms with Crippen molar-refractivity contribution in [3.8, 4) is 0 Å². The molecule has 0 bridgehead atoms. The van der Waals surface area contributed by atoms with Crippen molar-refractivity contribution >= 4 is 23.3 Å². The van der Waals surface area contributed by atoms with Crippen LogP contribution in [-0.2, 0) is 11.2 Å². The number of hydrogen-bond donors (Lipinski definition) is 0. The standard InChI is InChI=1S/C12H14N2OS2/c1-9-3-5-10(6-4-9)16-12-13-11(14-17-12)7-8-15-2/h3-6H,7-8H2,1-2H3. The van der Waals surface area contributed by atoms with Crippen molar-refractivity contribution in [3.63, 3.8) is 0 Å². The Bertz CT molecular complexity index is 468. The van der Waals surface area contributed by atoms with E-state index in [-0.39, 0.29) is 0 Å². The van der Waals surface area contributed by atoms with E-state index in [0.717, 1.165) is 16.6 Å². The molecule has 0 atom stereocenters. The molecule has 0 N–H and O–H groups in total. The van der Waals surface area contributed by atoms with Gasteiger partial charge >= 0.3 is 0 Å². The lowest BCUT2D eigenvalue weighted by atomic mass is 10.2. The molecule has 0 unspecified atom stereocenters. The van der Waals surface area contributed by atoms with Gasteiger partial charge in [-0.05, 0) is 30.6 Å². The minimum atomic E-state index is 0.672. The summed E-state index contributed by atoms with van der Waals surface area (Å²) in [6.07, 6.45) is 0.779. The van der Waals surface area contributed by atoms with Crippen LogP contribution in [0.5, 0.6) is 0 Å². The summed E-state index contributed by atoms with van der Waals surface area (Å²) in [5, 5.41) is 0. The summed E-state index contributed by atoms with van der Waals surface area (Å²) in [7, 11) is 1.69. The van der Waals surface area contributed by atoms with Crippen LogP contribution in [0.3, 0.4) is 0 Å². The highest BCUT2D eigenvalue weighted by Gasteiger charge is 2.05. The zero-order valence-corrected chi connectivity index (χ0v) is 11.5. The van der Waals surface area contributed by atoms with Gasteiger partial charge in [-0.15, -0.1) is 0 Å². The van der Waals surface area contributed by atoms with E-state index in [1.807, 2.05) is 0 Å². The number of ether oxygens (including phenoxy) is 1. The number of methoxy groups -OCH3 is 1. The first-order valence-corrected chi connectivity index (χ1v) is 6.93. The van der Waals surface area contributed by atoms with Gasteiger partial charge in [0.05, 0.1) is 6.61 Å². The van der Waals surface area contributed by atoms with Crippen LogP contribution in [-0.4, -0.2) is 23.1 Å². The van der Waals surface area contributed by atoms with Crippen LogP contribution >= 0.6 is 23.3 Å². The number of aromatic nitrogens is 2. The van der Waals surface area contributed by atoms with Crippen molar-refractivity contribution in [2.24, 2.45) is 0 Å². The second-order valence-corrected chi connectivity index (χ2v) is 5.71. The maximum Gasteiger partial charge on any atom is 0.174 e. The normalized spacial score (nSPS) is 10.7. The third kappa shape index (κ3) is 3.80. The molecule has 2 aromatic rings. The van der Waals surface area contributed by atoms with Crippen molar-refractivity contribution in [1.82, 2.24) is 9.36 Å². The Morgan fingerprint density at radius 2 is 2.06 bits per heavy atom. The maximum atomic E-state index is 5.00. The first kappa shape index (κ1) is 12.5. The molecule has 0 aliphatic heterocycles. The van der Waals surface area contributed by atoms with E-state index >= 15 is 0 Å². The number of hydrogen-bond acceptors (Lipinski definition) is 5. The fourth-order valence-electron chi connectivity index (χ4n) is 1.28. The summed E-state index contributed by atoms with van der Waals surface area (Å²) in [6, 6.07) is 8.43. The predicted molar refractivity (Wildman–Crippen MR) is 70.8 cm³/mol. The van der Waals surface area contributed by atoms with Crippen molar-refractivity contribution < 1.29 is 4.74 Å². The van der Waals surface area contributed by atoms with Crippen LogP contribution in [0.15, 0.2) is 33.5 Å². The minimum absolute atomic E-state index is 0.672. The lowest BCUT2D eigenvalue weighted by Gasteiger charge is -1.97. The second-order valence-electron chi connectivity index (χ2n) is 3.63. The van der Waals surface area contributed by atoms with Crippen LogP contribution < -0.4 is 0 Å². The van der Waals surface area contributed by atoms with E-state index in [1.54, 1.807) is 18.9 Å². The number of rotatable bonds is 5. The van der Waals surface area contributed by atoms with Gasteiger partial charge in [-0.25, -0.2) is 4.98 Å². The van der Waals surface area contributed by atoms with Crippen LogP contribution in [0.1, 0.15) is 11.4 Å². The third-order valence-electron chi connectivity index (χ3n) is 2.21. The molecule has 0 fully saturated rings. The quantitative estimate of drug-likeness (QED) is 0.832. The number of aryl methyl sites for hydroxylation is 1. The molecule has 0 radical (unpaired) electrons. The topological polar surface area (TPSA) is 35.0 Å². The van der Waals surface area contributed by atoms with Gasteiger partial charge in [-0.2, -0.15) is 4.37 Å². The first-order valence-electron chi connectivity index (χ1n) is 5.34. The highest BCUT2D eigenvalue weighted by Crippen LogP contribution is 2.28. The zero-order valence-electron chi connectivity index (χ0n) is 9.84. The molecule has 0 amide bonds. The monoisotopic (exact) mass is 266 g/mol. The molecule has 0 aliphatic rings. The van der Waals surface area contributed by atoms with Crippen molar-refractivity contribution in [3.05, 3.63) is 35.7 Å². The van der Waals surface area contributed by atoms with Gasteiger partial charge in [0.15, 0.2) is 4.34 Å². The first-order chi connectivity index (χ1) is 8.28. The maximum absolute atomic E-state index is 5.00. The predicted octanol–water partition coefficient (Wildman–Crippen LogP) is 3.19. The summed E-state index contributed by atoms with van der Waals surface area (Å²) in [5.41, 5.74) is 1.27. The molecule has 1 aromatic heterocycles. The molecule has 17 heavy (non-hydrogen) atoms.